The molecule has 1 heterocycles. The molecular formula is C19H18N4O3S. The smallest absolute Gasteiger partial charge is 0.257 e. The van der Waals surface area contributed by atoms with Crippen molar-refractivity contribution in [1.82, 2.24) is 10.2 Å². The second kappa shape index (κ2) is 9.02. The van der Waals surface area contributed by atoms with E-state index in [1.54, 1.807) is 48.5 Å². The Morgan fingerprint density at radius 3 is 2.48 bits per heavy atom. The van der Waals surface area contributed by atoms with Crippen molar-refractivity contribution in [2.24, 2.45) is 0 Å². The second-order valence-corrected chi connectivity index (χ2v) is 6.56. The number of hydrogen-bond acceptors (Lipinski definition) is 6. The maximum absolute atomic E-state index is 12.4. The zero-order chi connectivity index (χ0) is 19.1. The number of carbonyl (C=O) groups excluding carboxylic acids is 2. The highest BCUT2D eigenvalue weighted by molar-refractivity contribution is 7.15. The van der Waals surface area contributed by atoms with E-state index in [0.717, 1.165) is 0 Å². The van der Waals surface area contributed by atoms with Gasteiger partial charge in [-0.25, -0.2) is 0 Å². The summed E-state index contributed by atoms with van der Waals surface area (Å²) >= 11 is 1.26. The number of rotatable bonds is 7. The standard InChI is InChI=1S/C19H18N4O3S/c1-2-26-12-16-22-23-19(27-16)21-18(25)14-9-6-10-15(11-14)20-17(24)13-7-4-3-5-8-13/h3-11H,2,12H2,1H3,(H,20,24)(H,21,23,25). The quantitative estimate of drug-likeness (QED) is 0.651. The summed E-state index contributed by atoms with van der Waals surface area (Å²) in [6.45, 7) is 2.85. The third kappa shape index (κ3) is 5.19. The molecule has 0 radical (unpaired) electrons. The van der Waals surface area contributed by atoms with Crippen LogP contribution in [0.3, 0.4) is 0 Å². The molecule has 0 bridgehead atoms. The van der Waals surface area contributed by atoms with Gasteiger partial charge in [-0.1, -0.05) is 35.6 Å². The predicted molar refractivity (Wildman–Crippen MR) is 104 cm³/mol. The number of aromatic nitrogens is 2. The number of benzene rings is 2. The minimum Gasteiger partial charge on any atom is -0.374 e. The largest absolute Gasteiger partial charge is 0.374 e. The Morgan fingerprint density at radius 1 is 0.963 bits per heavy atom. The zero-order valence-corrected chi connectivity index (χ0v) is 15.5. The summed E-state index contributed by atoms with van der Waals surface area (Å²) in [5.41, 5.74) is 1.48. The van der Waals surface area contributed by atoms with Gasteiger partial charge < -0.3 is 10.1 Å². The first-order chi connectivity index (χ1) is 13.2. The molecule has 2 aromatic carbocycles. The number of anilines is 2. The average molecular weight is 382 g/mol. The third-order valence-corrected chi connectivity index (χ3v) is 4.35. The van der Waals surface area contributed by atoms with Crippen LogP contribution >= 0.6 is 11.3 Å². The average Bonchev–Trinajstić information content (AvgIpc) is 3.14. The first kappa shape index (κ1) is 18.7. The van der Waals surface area contributed by atoms with Gasteiger partial charge >= 0.3 is 0 Å². The van der Waals surface area contributed by atoms with Crippen LogP contribution in [-0.2, 0) is 11.3 Å². The molecular weight excluding hydrogens is 364 g/mol. The van der Waals surface area contributed by atoms with E-state index in [-0.39, 0.29) is 11.8 Å². The first-order valence-corrected chi connectivity index (χ1v) is 9.15. The Morgan fingerprint density at radius 2 is 1.70 bits per heavy atom. The highest BCUT2D eigenvalue weighted by Gasteiger charge is 2.12. The van der Waals surface area contributed by atoms with Crippen molar-refractivity contribution >= 4 is 34.0 Å². The van der Waals surface area contributed by atoms with Crippen LogP contribution in [-0.4, -0.2) is 28.6 Å². The molecule has 0 saturated heterocycles. The number of carbonyl (C=O) groups is 2. The number of amides is 2. The summed E-state index contributed by atoms with van der Waals surface area (Å²) in [6.07, 6.45) is 0. The van der Waals surface area contributed by atoms with E-state index in [1.807, 2.05) is 13.0 Å². The van der Waals surface area contributed by atoms with E-state index in [4.69, 9.17) is 4.74 Å². The molecule has 0 aliphatic carbocycles. The fraction of sp³-hybridized carbons (Fsp3) is 0.158. The van der Waals surface area contributed by atoms with Crippen LogP contribution in [0, 0.1) is 0 Å². The van der Waals surface area contributed by atoms with Gasteiger partial charge in [-0.3, -0.25) is 14.9 Å². The summed E-state index contributed by atoms with van der Waals surface area (Å²) in [4.78, 5) is 24.7. The summed E-state index contributed by atoms with van der Waals surface area (Å²) in [6, 6.07) is 15.6. The molecule has 0 fully saturated rings. The molecule has 27 heavy (non-hydrogen) atoms. The van der Waals surface area contributed by atoms with E-state index in [0.29, 0.717) is 40.2 Å². The molecule has 0 atom stereocenters. The number of hydrogen-bond donors (Lipinski definition) is 2. The maximum atomic E-state index is 12.4. The van der Waals surface area contributed by atoms with Crippen molar-refractivity contribution < 1.29 is 14.3 Å². The molecule has 7 nitrogen and oxygen atoms in total. The molecule has 0 saturated carbocycles. The lowest BCUT2D eigenvalue weighted by Crippen LogP contribution is -2.14. The van der Waals surface area contributed by atoms with Crippen LogP contribution < -0.4 is 10.6 Å². The van der Waals surface area contributed by atoms with Crippen molar-refractivity contribution in [3.63, 3.8) is 0 Å². The van der Waals surface area contributed by atoms with E-state index in [2.05, 4.69) is 20.8 Å². The zero-order valence-electron chi connectivity index (χ0n) is 14.6. The van der Waals surface area contributed by atoms with Gasteiger partial charge in [0.25, 0.3) is 11.8 Å². The van der Waals surface area contributed by atoms with Crippen LogP contribution in [0.15, 0.2) is 54.6 Å². The molecule has 0 aliphatic heterocycles. The van der Waals surface area contributed by atoms with Crippen LogP contribution in [0.5, 0.6) is 0 Å². The molecule has 2 N–H and O–H groups in total. The van der Waals surface area contributed by atoms with E-state index < -0.39 is 0 Å². The van der Waals surface area contributed by atoms with E-state index in [9.17, 15) is 9.59 Å². The normalized spacial score (nSPS) is 10.4. The van der Waals surface area contributed by atoms with Crippen molar-refractivity contribution in [2.45, 2.75) is 13.5 Å². The Kier molecular flexibility index (Phi) is 6.24. The third-order valence-electron chi connectivity index (χ3n) is 3.54. The Hall–Kier alpha value is -3.10. The second-order valence-electron chi connectivity index (χ2n) is 5.49. The lowest BCUT2D eigenvalue weighted by atomic mass is 10.1. The van der Waals surface area contributed by atoms with Crippen molar-refractivity contribution in [3.8, 4) is 0 Å². The Labute approximate surface area is 160 Å². The van der Waals surface area contributed by atoms with Crippen LogP contribution in [0.4, 0.5) is 10.8 Å². The lowest BCUT2D eigenvalue weighted by molar-refractivity contribution is 0.101. The van der Waals surface area contributed by atoms with Gasteiger partial charge in [-0.15, -0.1) is 10.2 Å². The molecule has 138 valence electrons. The number of nitrogens with one attached hydrogen (secondary N) is 2. The molecule has 8 heteroatoms. The molecule has 2 amide bonds. The molecule has 0 aliphatic rings. The predicted octanol–water partition coefficient (Wildman–Crippen LogP) is 3.58. The first-order valence-electron chi connectivity index (χ1n) is 8.33. The minimum absolute atomic E-state index is 0.238. The Balaban J connectivity index is 1.65. The Bertz CT molecular complexity index is 927. The monoisotopic (exact) mass is 382 g/mol. The highest BCUT2D eigenvalue weighted by Crippen LogP contribution is 2.18. The SMILES string of the molecule is CCOCc1nnc(NC(=O)c2cccc(NC(=O)c3ccccc3)c2)s1. The summed E-state index contributed by atoms with van der Waals surface area (Å²) in [7, 11) is 0. The van der Waals surface area contributed by atoms with Gasteiger partial charge in [0.1, 0.15) is 11.6 Å². The van der Waals surface area contributed by atoms with Crippen molar-refractivity contribution in [3.05, 3.63) is 70.7 Å². The van der Waals surface area contributed by atoms with Gasteiger partial charge in [0.05, 0.1) is 0 Å². The lowest BCUT2D eigenvalue weighted by Gasteiger charge is -2.07. The number of ether oxygens (including phenoxy) is 1. The molecule has 3 aromatic rings. The van der Waals surface area contributed by atoms with Gasteiger partial charge in [-0.05, 0) is 37.3 Å². The topological polar surface area (TPSA) is 93.2 Å². The molecule has 1 aromatic heterocycles. The summed E-state index contributed by atoms with van der Waals surface area (Å²) in [5, 5.41) is 14.5. The fourth-order valence-corrected chi connectivity index (χ4v) is 2.92. The van der Waals surface area contributed by atoms with Gasteiger partial charge in [0.2, 0.25) is 5.13 Å². The molecule has 0 spiro atoms. The molecule has 3 rings (SSSR count). The van der Waals surface area contributed by atoms with E-state index in [1.165, 1.54) is 11.3 Å². The van der Waals surface area contributed by atoms with Crippen LogP contribution in [0.1, 0.15) is 32.6 Å². The van der Waals surface area contributed by atoms with Crippen molar-refractivity contribution in [2.75, 3.05) is 17.2 Å². The van der Waals surface area contributed by atoms with Gasteiger partial charge in [0, 0.05) is 23.4 Å². The maximum Gasteiger partial charge on any atom is 0.257 e. The summed E-state index contributed by atoms with van der Waals surface area (Å²) < 4.78 is 5.27. The minimum atomic E-state index is -0.329. The fourth-order valence-electron chi connectivity index (χ4n) is 2.25. The molecule has 0 unspecified atom stereocenters. The van der Waals surface area contributed by atoms with Crippen LogP contribution in [0.25, 0.3) is 0 Å². The summed E-state index contributed by atoms with van der Waals surface area (Å²) in [5.74, 6) is -0.567. The highest BCUT2D eigenvalue weighted by atomic mass is 32.1. The van der Waals surface area contributed by atoms with Gasteiger partial charge in [-0.2, -0.15) is 0 Å². The van der Waals surface area contributed by atoms with E-state index >= 15 is 0 Å². The van der Waals surface area contributed by atoms with Crippen LogP contribution in [0.2, 0.25) is 0 Å². The van der Waals surface area contributed by atoms with Gasteiger partial charge in [0.15, 0.2) is 0 Å². The van der Waals surface area contributed by atoms with Crippen molar-refractivity contribution in [1.29, 1.82) is 0 Å². The number of nitrogens with zero attached hydrogens (tertiary/aromatic N) is 2.